The highest BCUT2D eigenvalue weighted by Crippen LogP contribution is 2.29. The van der Waals surface area contributed by atoms with E-state index in [4.69, 9.17) is 15.9 Å². The highest BCUT2D eigenvalue weighted by Gasteiger charge is 2.46. The van der Waals surface area contributed by atoms with Crippen LogP contribution >= 0.6 is 0 Å². The van der Waals surface area contributed by atoms with Crippen LogP contribution < -0.4 is 5.73 Å². The molecule has 0 saturated heterocycles. The van der Waals surface area contributed by atoms with E-state index in [2.05, 4.69) is 4.74 Å². The van der Waals surface area contributed by atoms with Gasteiger partial charge in [0.15, 0.2) is 0 Å². The molecule has 10 heteroatoms. The topological polar surface area (TPSA) is 127 Å². The molecule has 0 spiro atoms. The second-order valence-electron chi connectivity index (χ2n) is 4.03. The van der Waals surface area contributed by atoms with Crippen LogP contribution in [0.4, 0.5) is 13.2 Å². The number of carbonyl (C=O) groups is 3. The normalized spacial score (nSPS) is 23.4. The third-order valence-electron chi connectivity index (χ3n) is 2.68. The largest absolute Gasteiger partial charge is 0.490 e. The van der Waals surface area contributed by atoms with Crippen LogP contribution in [0.1, 0.15) is 12.8 Å². The van der Waals surface area contributed by atoms with E-state index in [1.165, 1.54) is 0 Å². The summed E-state index contributed by atoms with van der Waals surface area (Å²) in [7, 11) is 0. The van der Waals surface area contributed by atoms with Crippen molar-refractivity contribution in [1.82, 2.24) is 0 Å². The minimum Gasteiger partial charge on any atom is -0.478 e. The van der Waals surface area contributed by atoms with Gasteiger partial charge >= 0.3 is 24.1 Å². The van der Waals surface area contributed by atoms with Crippen molar-refractivity contribution in [2.24, 2.45) is 5.73 Å². The van der Waals surface area contributed by atoms with Crippen LogP contribution in [0.15, 0.2) is 11.1 Å². The number of nitrogens with two attached hydrogens (primary N) is 1. The zero-order valence-corrected chi connectivity index (χ0v) is 9.81. The Kier molecular flexibility index (Phi) is 4.38. The number of carboxylic acids is 2. The predicted octanol–water partition coefficient (Wildman–Crippen LogP) is 0.0474. The second kappa shape index (κ2) is 5.49. The van der Waals surface area contributed by atoms with Crippen LogP contribution in [-0.2, 0) is 19.1 Å². The molecule has 0 aromatic carbocycles. The summed E-state index contributed by atoms with van der Waals surface area (Å²) >= 11 is 0. The Balaban J connectivity index is 3.19. The first-order chi connectivity index (χ1) is 9.05. The molecule has 2 atom stereocenters. The van der Waals surface area contributed by atoms with Crippen LogP contribution in [0, 0.1) is 0 Å². The molecule has 1 aliphatic rings. The first-order valence-electron chi connectivity index (χ1n) is 5.28. The Labute approximate surface area is 109 Å². The molecule has 1 rings (SSSR count). The Bertz CT molecular complexity index is 484. The summed E-state index contributed by atoms with van der Waals surface area (Å²) in [4.78, 5) is 32.6. The summed E-state index contributed by atoms with van der Waals surface area (Å²) in [5, 5.41) is 17.7. The van der Waals surface area contributed by atoms with Gasteiger partial charge in [0.05, 0.1) is 11.1 Å². The maximum Gasteiger partial charge on any atom is 0.490 e. The number of carboxylic acid groups (broad SMARTS) is 2. The number of rotatable bonds is 3. The molecule has 0 saturated carbocycles. The van der Waals surface area contributed by atoms with Crippen LogP contribution in [-0.4, -0.2) is 46.4 Å². The van der Waals surface area contributed by atoms with Crippen molar-refractivity contribution >= 4 is 17.9 Å². The number of hydrogen-bond acceptors (Lipinski definition) is 5. The average Bonchev–Trinajstić information content (AvgIpc) is 2.29. The molecule has 0 amide bonds. The first-order valence-corrected chi connectivity index (χ1v) is 5.28. The van der Waals surface area contributed by atoms with Crippen LogP contribution in [0.2, 0.25) is 0 Å². The minimum absolute atomic E-state index is 0.117. The van der Waals surface area contributed by atoms with Gasteiger partial charge in [0.25, 0.3) is 0 Å². The van der Waals surface area contributed by atoms with Gasteiger partial charge in [0.2, 0.25) is 0 Å². The Hall–Kier alpha value is -2.10. The van der Waals surface area contributed by atoms with E-state index in [1.807, 2.05) is 0 Å². The zero-order valence-electron chi connectivity index (χ0n) is 9.81. The molecule has 0 heterocycles. The number of hydrogen-bond donors (Lipinski definition) is 3. The Morgan fingerprint density at radius 1 is 1.20 bits per heavy atom. The number of alkyl halides is 3. The van der Waals surface area contributed by atoms with Crippen LogP contribution in [0.5, 0.6) is 0 Å². The van der Waals surface area contributed by atoms with Gasteiger partial charge in [-0.2, -0.15) is 13.2 Å². The van der Waals surface area contributed by atoms with Gasteiger partial charge in [-0.25, -0.2) is 14.4 Å². The fourth-order valence-corrected chi connectivity index (χ4v) is 1.78. The summed E-state index contributed by atoms with van der Waals surface area (Å²) in [6.45, 7) is 0. The molecule has 0 aromatic heterocycles. The molecular weight excluding hydrogens is 287 g/mol. The summed E-state index contributed by atoms with van der Waals surface area (Å²) < 4.78 is 40.4. The number of esters is 1. The van der Waals surface area contributed by atoms with E-state index in [1.54, 1.807) is 0 Å². The second-order valence-corrected chi connectivity index (χ2v) is 4.03. The third-order valence-corrected chi connectivity index (χ3v) is 2.68. The lowest BCUT2D eigenvalue weighted by Gasteiger charge is -2.30. The third kappa shape index (κ3) is 3.26. The van der Waals surface area contributed by atoms with Gasteiger partial charge < -0.3 is 20.7 Å². The molecule has 7 nitrogen and oxygen atoms in total. The van der Waals surface area contributed by atoms with E-state index in [9.17, 15) is 27.6 Å². The van der Waals surface area contributed by atoms with Crippen molar-refractivity contribution in [2.75, 3.05) is 0 Å². The fourth-order valence-electron chi connectivity index (χ4n) is 1.78. The van der Waals surface area contributed by atoms with Crippen LogP contribution in [0.25, 0.3) is 0 Å². The zero-order chi connectivity index (χ0) is 15.7. The lowest BCUT2D eigenvalue weighted by atomic mass is 9.86. The molecular formula is C10H10F3NO6. The molecule has 20 heavy (non-hydrogen) atoms. The number of halogens is 3. The summed E-state index contributed by atoms with van der Waals surface area (Å²) in [6, 6.07) is -1.23. The van der Waals surface area contributed by atoms with Gasteiger partial charge in [-0.15, -0.1) is 0 Å². The summed E-state index contributed by atoms with van der Waals surface area (Å²) in [5.41, 5.74) is 3.86. The van der Waals surface area contributed by atoms with E-state index in [-0.39, 0.29) is 12.8 Å². The minimum atomic E-state index is -5.33. The van der Waals surface area contributed by atoms with Gasteiger partial charge in [0.1, 0.15) is 6.10 Å². The van der Waals surface area contributed by atoms with E-state index < -0.39 is 47.4 Å². The lowest BCUT2D eigenvalue weighted by Crippen LogP contribution is -2.47. The standard InChI is InChI=1S/C10H10F3NO6/c11-10(12,13)9(19)20-6-4(14)2-1-3(7(15)16)5(6)8(17)18/h4,6H,1-2,14H2,(H,15,16)(H,17,18). The molecule has 112 valence electrons. The molecule has 0 aliphatic heterocycles. The molecule has 1 aliphatic carbocycles. The predicted molar refractivity (Wildman–Crippen MR) is 55.4 cm³/mol. The van der Waals surface area contributed by atoms with E-state index >= 15 is 0 Å². The summed E-state index contributed by atoms with van der Waals surface area (Å²) in [6.07, 6.45) is -7.64. The van der Waals surface area contributed by atoms with Crippen LogP contribution in [0.3, 0.4) is 0 Å². The molecule has 0 radical (unpaired) electrons. The first kappa shape index (κ1) is 16.0. The van der Waals surface area contributed by atoms with Crippen molar-refractivity contribution < 1.29 is 42.5 Å². The van der Waals surface area contributed by atoms with E-state index in [0.717, 1.165) is 0 Å². The smallest absolute Gasteiger partial charge is 0.478 e. The van der Waals surface area contributed by atoms with Crippen molar-refractivity contribution in [3.8, 4) is 0 Å². The molecule has 4 N–H and O–H groups in total. The van der Waals surface area contributed by atoms with Gasteiger partial charge in [-0.05, 0) is 12.8 Å². The lowest BCUT2D eigenvalue weighted by molar-refractivity contribution is -0.204. The van der Waals surface area contributed by atoms with E-state index in [0.29, 0.717) is 0 Å². The molecule has 2 unspecified atom stereocenters. The van der Waals surface area contributed by atoms with Gasteiger partial charge in [0, 0.05) is 6.04 Å². The number of ether oxygens (including phenoxy) is 1. The van der Waals surface area contributed by atoms with Gasteiger partial charge in [-0.1, -0.05) is 0 Å². The fraction of sp³-hybridized carbons (Fsp3) is 0.500. The van der Waals surface area contributed by atoms with Crippen molar-refractivity contribution in [3.05, 3.63) is 11.1 Å². The van der Waals surface area contributed by atoms with Crippen molar-refractivity contribution in [2.45, 2.75) is 31.2 Å². The number of aliphatic carboxylic acids is 2. The average molecular weight is 297 g/mol. The SMILES string of the molecule is NC1CCC(C(=O)O)=C(C(=O)O)C1OC(=O)C(F)(F)F. The molecule has 0 fully saturated rings. The maximum atomic E-state index is 12.1. The Morgan fingerprint density at radius 2 is 1.75 bits per heavy atom. The Morgan fingerprint density at radius 3 is 2.15 bits per heavy atom. The maximum absolute atomic E-state index is 12.1. The number of carbonyl (C=O) groups excluding carboxylic acids is 1. The van der Waals surface area contributed by atoms with Gasteiger partial charge in [-0.3, -0.25) is 0 Å². The van der Waals surface area contributed by atoms with Crippen molar-refractivity contribution in [3.63, 3.8) is 0 Å². The molecule has 0 aromatic rings. The molecule has 0 bridgehead atoms. The summed E-state index contributed by atoms with van der Waals surface area (Å²) in [5.74, 6) is -6.02. The quantitative estimate of drug-likeness (QED) is 0.628. The highest BCUT2D eigenvalue weighted by molar-refractivity contribution is 6.00. The highest BCUT2D eigenvalue weighted by atomic mass is 19.4. The van der Waals surface area contributed by atoms with Crippen molar-refractivity contribution in [1.29, 1.82) is 0 Å². The monoisotopic (exact) mass is 297 g/mol.